The zero-order valence-electron chi connectivity index (χ0n) is 9.65. The van der Waals surface area contributed by atoms with Crippen molar-refractivity contribution in [2.75, 3.05) is 0 Å². The summed E-state index contributed by atoms with van der Waals surface area (Å²) in [5.41, 5.74) is 0.670. The molecule has 1 aliphatic rings. The molecule has 3 rings (SSSR count). The Hall–Kier alpha value is -2.24. The predicted octanol–water partition coefficient (Wildman–Crippen LogP) is 1.30. The number of aromatic nitrogens is 4. The van der Waals surface area contributed by atoms with Crippen LogP contribution in [0.4, 0.5) is 0 Å². The Bertz CT molecular complexity index is 579. The van der Waals surface area contributed by atoms with Crippen LogP contribution in [0.25, 0.3) is 11.5 Å². The van der Waals surface area contributed by atoms with Crippen molar-refractivity contribution < 1.29 is 9.90 Å². The molecule has 0 saturated carbocycles. The first-order chi connectivity index (χ1) is 8.75. The van der Waals surface area contributed by atoms with E-state index in [4.69, 9.17) is 5.11 Å². The van der Waals surface area contributed by atoms with E-state index in [0.717, 1.165) is 13.0 Å². The van der Waals surface area contributed by atoms with E-state index in [-0.39, 0.29) is 0 Å². The SMILES string of the molecule is O=C(O)C1CCCn2nc(-c3ccccn3)nc21. The van der Waals surface area contributed by atoms with Crippen LogP contribution in [-0.2, 0) is 11.3 Å². The second kappa shape index (κ2) is 4.21. The van der Waals surface area contributed by atoms with Gasteiger partial charge in [0.15, 0.2) is 5.82 Å². The summed E-state index contributed by atoms with van der Waals surface area (Å²) in [7, 11) is 0. The minimum absolute atomic E-state index is 0.499. The zero-order chi connectivity index (χ0) is 12.5. The summed E-state index contributed by atoms with van der Waals surface area (Å²) >= 11 is 0. The van der Waals surface area contributed by atoms with Crippen LogP contribution in [0.3, 0.4) is 0 Å². The molecule has 0 fully saturated rings. The average Bonchev–Trinajstić information content (AvgIpc) is 2.83. The Labute approximate surface area is 103 Å². The van der Waals surface area contributed by atoms with E-state index in [1.165, 1.54) is 0 Å². The molecule has 3 heterocycles. The molecule has 0 amide bonds. The Morgan fingerprint density at radius 1 is 1.44 bits per heavy atom. The normalized spacial score (nSPS) is 18.3. The fourth-order valence-electron chi connectivity index (χ4n) is 2.19. The predicted molar refractivity (Wildman–Crippen MR) is 62.9 cm³/mol. The number of fused-ring (bicyclic) bond motifs is 1. The largest absolute Gasteiger partial charge is 0.481 e. The fraction of sp³-hybridized carbons (Fsp3) is 0.333. The topological polar surface area (TPSA) is 80.9 Å². The zero-order valence-corrected chi connectivity index (χ0v) is 9.65. The highest BCUT2D eigenvalue weighted by atomic mass is 16.4. The van der Waals surface area contributed by atoms with Crippen molar-refractivity contribution in [3.8, 4) is 11.5 Å². The van der Waals surface area contributed by atoms with Gasteiger partial charge in [-0.15, -0.1) is 5.10 Å². The fourth-order valence-corrected chi connectivity index (χ4v) is 2.19. The lowest BCUT2D eigenvalue weighted by molar-refractivity contribution is -0.139. The molecular weight excluding hydrogens is 232 g/mol. The van der Waals surface area contributed by atoms with Gasteiger partial charge in [-0.2, -0.15) is 0 Å². The van der Waals surface area contributed by atoms with Crippen molar-refractivity contribution in [1.29, 1.82) is 0 Å². The molecule has 6 heteroatoms. The highest BCUT2D eigenvalue weighted by Crippen LogP contribution is 2.27. The van der Waals surface area contributed by atoms with Crippen LogP contribution >= 0.6 is 0 Å². The van der Waals surface area contributed by atoms with Crippen molar-refractivity contribution in [2.24, 2.45) is 0 Å². The molecule has 0 aromatic carbocycles. The van der Waals surface area contributed by atoms with Gasteiger partial charge in [0, 0.05) is 12.7 Å². The number of nitrogens with zero attached hydrogens (tertiary/aromatic N) is 4. The van der Waals surface area contributed by atoms with Crippen LogP contribution in [0, 0.1) is 0 Å². The van der Waals surface area contributed by atoms with Crippen LogP contribution in [-0.4, -0.2) is 30.8 Å². The molecule has 1 N–H and O–H groups in total. The molecule has 0 radical (unpaired) electrons. The van der Waals surface area contributed by atoms with Crippen molar-refractivity contribution in [3.05, 3.63) is 30.2 Å². The van der Waals surface area contributed by atoms with Gasteiger partial charge in [0.2, 0.25) is 0 Å². The number of carbonyl (C=O) groups is 1. The average molecular weight is 244 g/mol. The Balaban J connectivity index is 2.04. The summed E-state index contributed by atoms with van der Waals surface area (Å²) in [5.74, 6) is -0.354. The number of hydrogen-bond acceptors (Lipinski definition) is 4. The minimum Gasteiger partial charge on any atom is -0.481 e. The third kappa shape index (κ3) is 1.75. The summed E-state index contributed by atoms with van der Waals surface area (Å²) in [5, 5.41) is 13.5. The van der Waals surface area contributed by atoms with Crippen molar-refractivity contribution >= 4 is 5.97 Å². The van der Waals surface area contributed by atoms with Gasteiger partial charge in [-0.05, 0) is 25.0 Å². The first kappa shape index (κ1) is 10.9. The van der Waals surface area contributed by atoms with E-state index in [2.05, 4.69) is 15.1 Å². The van der Waals surface area contributed by atoms with Crippen molar-refractivity contribution in [1.82, 2.24) is 19.7 Å². The highest BCUT2D eigenvalue weighted by molar-refractivity contribution is 5.75. The molecular formula is C12H12N4O2. The molecule has 0 bridgehead atoms. The van der Waals surface area contributed by atoms with Gasteiger partial charge in [0.25, 0.3) is 0 Å². The summed E-state index contributed by atoms with van der Waals surface area (Å²) in [4.78, 5) is 19.7. The van der Waals surface area contributed by atoms with E-state index in [1.807, 2.05) is 18.2 Å². The first-order valence-corrected chi connectivity index (χ1v) is 5.84. The molecule has 1 aliphatic heterocycles. The number of rotatable bonds is 2. The van der Waals surface area contributed by atoms with Gasteiger partial charge in [-0.3, -0.25) is 9.78 Å². The molecule has 2 aromatic rings. The smallest absolute Gasteiger partial charge is 0.314 e. The highest BCUT2D eigenvalue weighted by Gasteiger charge is 2.30. The van der Waals surface area contributed by atoms with Crippen LogP contribution in [0.5, 0.6) is 0 Å². The van der Waals surface area contributed by atoms with E-state index in [9.17, 15) is 4.79 Å². The summed E-state index contributed by atoms with van der Waals surface area (Å²) in [6.07, 6.45) is 3.11. The van der Waals surface area contributed by atoms with Gasteiger partial charge >= 0.3 is 5.97 Å². The second-order valence-corrected chi connectivity index (χ2v) is 4.26. The van der Waals surface area contributed by atoms with Crippen LogP contribution < -0.4 is 0 Å². The lowest BCUT2D eigenvalue weighted by atomic mass is 10.00. The lowest BCUT2D eigenvalue weighted by Crippen LogP contribution is -2.22. The monoisotopic (exact) mass is 244 g/mol. The third-order valence-electron chi connectivity index (χ3n) is 3.07. The van der Waals surface area contributed by atoms with Crippen LogP contribution in [0.15, 0.2) is 24.4 Å². The number of pyridine rings is 1. The lowest BCUT2D eigenvalue weighted by Gasteiger charge is -2.17. The molecule has 0 saturated heterocycles. The second-order valence-electron chi connectivity index (χ2n) is 4.26. The quantitative estimate of drug-likeness (QED) is 0.861. The minimum atomic E-state index is -0.837. The van der Waals surface area contributed by atoms with Crippen molar-refractivity contribution in [3.63, 3.8) is 0 Å². The Morgan fingerprint density at radius 2 is 2.33 bits per heavy atom. The number of carboxylic acid groups (broad SMARTS) is 1. The molecule has 6 nitrogen and oxygen atoms in total. The van der Waals surface area contributed by atoms with E-state index < -0.39 is 11.9 Å². The number of aliphatic carboxylic acids is 1. The number of carboxylic acids is 1. The third-order valence-corrected chi connectivity index (χ3v) is 3.07. The maximum absolute atomic E-state index is 11.2. The van der Waals surface area contributed by atoms with Crippen molar-refractivity contribution in [2.45, 2.75) is 25.3 Å². The maximum Gasteiger partial charge on any atom is 0.314 e. The molecule has 18 heavy (non-hydrogen) atoms. The van der Waals surface area contributed by atoms with E-state index in [0.29, 0.717) is 23.8 Å². The molecule has 1 atom stereocenters. The number of aryl methyl sites for hydroxylation is 1. The molecule has 2 aromatic heterocycles. The molecule has 0 spiro atoms. The van der Waals surface area contributed by atoms with Gasteiger partial charge < -0.3 is 5.11 Å². The van der Waals surface area contributed by atoms with Gasteiger partial charge in [0.05, 0.1) is 0 Å². The number of hydrogen-bond donors (Lipinski definition) is 1. The Morgan fingerprint density at radius 3 is 3.06 bits per heavy atom. The molecule has 1 unspecified atom stereocenters. The molecule has 92 valence electrons. The van der Waals surface area contributed by atoms with E-state index >= 15 is 0 Å². The van der Waals surface area contributed by atoms with Crippen LogP contribution in [0.2, 0.25) is 0 Å². The van der Waals surface area contributed by atoms with Gasteiger partial charge in [-0.25, -0.2) is 9.67 Å². The van der Waals surface area contributed by atoms with Crippen LogP contribution in [0.1, 0.15) is 24.6 Å². The summed E-state index contributed by atoms with van der Waals surface area (Å²) in [6.45, 7) is 0.721. The van der Waals surface area contributed by atoms with Gasteiger partial charge in [0.1, 0.15) is 17.4 Å². The molecule has 0 aliphatic carbocycles. The Kier molecular flexibility index (Phi) is 2.55. The standard InChI is InChI=1S/C12H12N4O2/c17-12(18)8-4-3-7-16-11(8)14-10(15-16)9-5-1-2-6-13-9/h1-2,5-6,8H,3-4,7H2,(H,17,18). The maximum atomic E-state index is 11.2. The first-order valence-electron chi connectivity index (χ1n) is 5.84. The summed E-state index contributed by atoms with van der Waals surface area (Å²) < 4.78 is 1.69. The summed E-state index contributed by atoms with van der Waals surface area (Å²) in [6, 6.07) is 5.49. The van der Waals surface area contributed by atoms with E-state index in [1.54, 1.807) is 10.9 Å². The van der Waals surface area contributed by atoms with Gasteiger partial charge in [-0.1, -0.05) is 6.07 Å².